The van der Waals surface area contributed by atoms with E-state index in [1.807, 2.05) is 0 Å². The van der Waals surface area contributed by atoms with Crippen molar-refractivity contribution in [2.24, 2.45) is 17.6 Å². The van der Waals surface area contributed by atoms with Crippen LogP contribution in [0.4, 0.5) is 0 Å². The maximum Gasteiger partial charge on any atom is 0.00966 e. The Balaban J connectivity index is 1.71. The summed E-state index contributed by atoms with van der Waals surface area (Å²) in [5.41, 5.74) is 5.59. The Kier molecular flexibility index (Phi) is 3.45. The Bertz CT molecular complexity index is 173. The third-order valence-electron chi connectivity index (χ3n) is 3.46. The molecule has 2 aliphatic carbocycles. The van der Waals surface area contributed by atoms with Gasteiger partial charge in [-0.2, -0.15) is 0 Å². The zero-order valence-electron chi connectivity index (χ0n) is 9.41. The van der Waals surface area contributed by atoms with Gasteiger partial charge in [0.25, 0.3) is 0 Å². The van der Waals surface area contributed by atoms with Gasteiger partial charge in [0.15, 0.2) is 0 Å². The number of nitrogens with zero attached hydrogens (tertiary/aromatic N) is 1. The molecule has 0 aromatic rings. The van der Waals surface area contributed by atoms with Crippen molar-refractivity contribution in [3.63, 3.8) is 0 Å². The molecule has 0 aliphatic heterocycles. The standard InChI is InChI=1S/C12H24N2/c1-10(6-7-13)8-14(12-4-5-12)9-11-2-3-11/h10-12H,2-9,13H2,1H3. The fraction of sp³-hybridized carbons (Fsp3) is 1.00. The molecule has 2 rings (SSSR count). The Hall–Kier alpha value is -0.0800. The summed E-state index contributed by atoms with van der Waals surface area (Å²) in [6.45, 7) is 5.86. The molecular weight excluding hydrogens is 172 g/mol. The van der Waals surface area contributed by atoms with Gasteiger partial charge in [-0.15, -0.1) is 0 Å². The number of hydrogen-bond acceptors (Lipinski definition) is 2. The molecule has 2 N–H and O–H groups in total. The summed E-state index contributed by atoms with van der Waals surface area (Å²) in [5, 5.41) is 0. The Morgan fingerprint density at radius 3 is 2.50 bits per heavy atom. The van der Waals surface area contributed by atoms with Gasteiger partial charge >= 0.3 is 0 Å². The summed E-state index contributed by atoms with van der Waals surface area (Å²) < 4.78 is 0. The summed E-state index contributed by atoms with van der Waals surface area (Å²) >= 11 is 0. The molecule has 1 atom stereocenters. The summed E-state index contributed by atoms with van der Waals surface area (Å²) in [5.74, 6) is 1.83. The number of hydrogen-bond donors (Lipinski definition) is 1. The first-order chi connectivity index (χ1) is 6.79. The molecule has 14 heavy (non-hydrogen) atoms. The second kappa shape index (κ2) is 4.63. The highest BCUT2D eigenvalue weighted by atomic mass is 15.2. The van der Waals surface area contributed by atoms with Gasteiger partial charge in [-0.25, -0.2) is 0 Å². The Labute approximate surface area is 87.8 Å². The van der Waals surface area contributed by atoms with E-state index < -0.39 is 0 Å². The molecule has 2 saturated carbocycles. The van der Waals surface area contributed by atoms with Crippen molar-refractivity contribution < 1.29 is 0 Å². The van der Waals surface area contributed by atoms with Crippen LogP contribution in [0, 0.1) is 11.8 Å². The van der Waals surface area contributed by atoms with Crippen molar-refractivity contribution in [3.8, 4) is 0 Å². The molecule has 2 nitrogen and oxygen atoms in total. The van der Waals surface area contributed by atoms with Gasteiger partial charge in [0.05, 0.1) is 0 Å². The van der Waals surface area contributed by atoms with Crippen molar-refractivity contribution in [2.45, 2.75) is 45.1 Å². The van der Waals surface area contributed by atoms with E-state index in [2.05, 4.69) is 11.8 Å². The third kappa shape index (κ3) is 3.25. The molecule has 0 radical (unpaired) electrons. The highest BCUT2D eigenvalue weighted by Gasteiger charge is 2.33. The van der Waals surface area contributed by atoms with E-state index >= 15 is 0 Å². The van der Waals surface area contributed by atoms with Gasteiger partial charge in [0, 0.05) is 19.1 Å². The van der Waals surface area contributed by atoms with E-state index in [1.54, 1.807) is 0 Å². The zero-order chi connectivity index (χ0) is 9.97. The Morgan fingerprint density at radius 2 is 2.00 bits per heavy atom. The normalized spacial score (nSPS) is 24.2. The second-order valence-electron chi connectivity index (χ2n) is 5.31. The van der Waals surface area contributed by atoms with E-state index in [0.717, 1.165) is 24.4 Å². The maximum absolute atomic E-state index is 5.59. The SMILES string of the molecule is CC(CCN)CN(CC1CC1)C1CC1. The fourth-order valence-electron chi connectivity index (χ4n) is 2.22. The molecule has 0 bridgehead atoms. The predicted octanol–water partition coefficient (Wildman–Crippen LogP) is 1.85. The van der Waals surface area contributed by atoms with E-state index in [9.17, 15) is 0 Å². The highest BCUT2D eigenvalue weighted by molar-refractivity contribution is 4.88. The molecule has 2 aliphatic rings. The molecule has 0 heterocycles. The molecular formula is C12H24N2. The largest absolute Gasteiger partial charge is 0.330 e. The quantitative estimate of drug-likeness (QED) is 0.673. The lowest BCUT2D eigenvalue weighted by Crippen LogP contribution is -2.33. The first kappa shape index (κ1) is 10.4. The molecule has 82 valence electrons. The predicted molar refractivity (Wildman–Crippen MR) is 60.2 cm³/mol. The molecule has 0 saturated heterocycles. The van der Waals surface area contributed by atoms with Crippen LogP contribution < -0.4 is 5.73 Å². The van der Waals surface area contributed by atoms with Crippen LogP contribution >= 0.6 is 0 Å². The third-order valence-corrected chi connectivity index (χ3v) is 3.46. The molecule has 0 aromatic heterocycles. The first-order valence-electron chi connectivity index (χ1n) is 6.23. The minimum absolute atomic E-state index is 0.791. The molecule has 0 spiro atoms. The lowest BCUT2D eigenvalue weighted by molar-refractivity contribution is 0.215. The van der Waals surface area contributed by atoms with Gasteiger partial charge in [0.1, 0.15) is 0 Å². The molecule has 2 fully saturated rings. The van der Waals surface area contributed by atoms with Crippen LogP contribution in [0.1, 0.15) is 39.0 Å². The maximum atomic E-state index is 5.59. The van der Waals surface area contributed by atoms with Crippen LogP contribution in [0.25, 0.3) is 0 Å². The summed E-state index contributed by atoms with van der Waals surface area (Å²) in [6.07, 6.45) is 7.04. The number of nitrogens with two attached hydrogens (primary N) is 1. The van der Waals surface area contributed by atoms with Crippen molar-refractivity contribution in [2.75, 3.05) is 19.6 Å². The van der Waals surface area contributed by atoms with Crippen LogP contribution in [-0.4, -0.2) is 30.6 Å². The van der Waals surface area contributed by atoms with Crippen LogP contribution in [0.3, 0.4) is 0 Å². The summed E-state index contributed by atoms with van der Waals surface area (Å²) in [4.78, 5) is 2.73. The van der Waals surface area contributed by atoms with Gasteiger partial charge < -0.3 is 5.73 Å². The van der Waals surface area contributed by atoms with E-state index in [-0.39, 0.29) is 0 Å². The van der Waals surface area contributed by atoms with Crippen molar-refractivity contribution in [3.05, 3.63) is 0 Å². The smallest absolute Gasteiger partial charge is 0.00966 e. The van der Waals surface area contributed by atoms with E-state index in [4.69, 9.17) is 5.73 Å². The van der Waals surface area contributed by atoms with Crippen LogP contribution in [-0.2, 0) is 0 Å². The molecule has 0 amide bonds. The fourth-order valence-corrected chi connectivity index (χ4v) is 2.22. The van der Waals surface area contributed by atoms with E-state index in [1.165, 1.54) is 45.2 Å². The first-order valence-corrected chi connectivity index (χ1v) is 6.23. The van der Waals surface area contributed by atoms with Crippen molar-refractivity contribution in [1.29, 1.82) is 0 Å². The minimum Gasteiger partial charge on any atom is -0.330 e. The molecule has 1 unspecified atom stereocenters. The average molecular weight is 196 g/mol. The molecule has 0 aromatic carbocycles. The van der Waals surface area contributed by atoms with Gasteiger partial charge in [-0.1, -0.05) is 6.92 Å². The lowest BCUT2D eigenvalue weighted by Gasteiger charge is -2.25. The van der Waals surface area contributed by atoms with Crippen LogP contribution in [0.15, 0.2) is 0 Å². The number of rotatable bonds is 7. The lowest BCUT2D eigenvalue weighted by atomic mass is 10.1. The van der Waals surface area contributed by atoms with Crippen molar-refractivity contribution >= 4 is 0 Å². The second-order valence-corrected chi connectivity index (χ2v) is 5.31. The Morgan fingerprint density at radius 1 is 1.29 bits per heavy atom. The van der Waals surface area contributed by atoms with Gasteiger partial charge in [-0.3, -0.25) is 4.90 Å². The zero-order valence-corrected chi connectivity index (χ0v) is 9.41. The molecule has 2 heteroatoms. The summed E-state index contributed by atoms with van der Waals surface area (Å²) in [7, 11) is 0. The van der Waals surface area contributed by atoms with Gasteiger partial charge in [-0.05, 0) is 50.5 Å². The van der Waals surface area contributed by atoms with Crippen LogP contribution in [0.2, 0.25) is 0 Å². The van der Waals surface area contributed by atoms with Crippen molar-refractivity contribution in [1.82, 2.24) is 4.90 Å². The monoisotopic (exact) mass is 196 g/mol. The average Bonchev–Trinajstić information content (AvgIpc) is 3.00. The topological polar surface area (TPSA) is 29.3 Å². The van der Waals surface area contributed by atoms with E-state index in [0.29, 0.717) is 0 Å². The van der Waals surface area contributed by atoms with Gasteiger partial charge in [0.2, 0.25) is 0 Å². The minimum atomic E-state index is 0.791. The van der Waals surface area contributed by atoms with Crippen LogP contribution in [0.5, 0.6) is 0 Å². The summed E-state index contributed by atoms with van der Waals surface area (Å²) in [6, 6.07) is 0.941. The highest BCUT2D eigenvalue weighted by Crippen LogP contribution is 2.35.